The predicted octanol–water partition coefficient (Wildman–Crippen LogP) is 3.80. The maximum absolute atomic E-state index is 14.8. The minimum absolute atomic E-state index is 0.0213. The number of oxazole rings is 1. The minimum Gasteiger partial charge on any atom is -0.436 e. The summed E-state index contributed by atoms with van der Waals surface area (Å²) in [6.07, 6.45) is 1.74. The second-order valence-corrected chi connectivity index (χ2v) is 7.83. The summed E-state index contributed by atoms with van der Waals surface area (Å²) in [4.78, 5) is 18.9. The molecule has 1 amide bonds. The number of amides is 1. The standard InChI is InChI=1S/C23H26FN3O3/c1-3-25-21(28)14-8-10-16(12-14)27(2)23(29)17-11-9-15(13-18(17)24)22-26-19-6-4-5-7-20(19)30-22/h4-7,9,11,13-14,16,21,25,28H,3,8,10,12H2,1-2H3. The lowest BCUT2D eigenvalue weighted by atomic mass is 10.1. The number of hydrogen-bond donors (Lipinski definition) is 2. The normalized spacial score (nSPS) is 19.9. The lowest BCUT2D eigenvalue weighted by molar-refractivity contribution is 0.0647. The molecule has 2 aromatic carbocycles. The first-order chi connectivity index (χ1) is 14.5. The molecule has 3 unspecified atom stereocenters. The average Bonchev–Trinajstić information content (AvgIpc) is 3.40. The number of benzene rings is 2. The van der Waals surface area contributed by atoms with Crippen molar-refractivity contribution >= 4 is 17.0 Å². The van der Waals surface area contributed by atoms with E-state index >= 15 is 0 Å². The van der Waals surface area contributed by atoms with Crippen LogP contribution in [0.4, 0.5) is 4.39 Å². The van der Waals surface area contributed by atoms with Crippen molar-refractivity contribution in [3.63, 3.8) is 0 Å². The molecule has 1 saturated carbocycles. The van der Waals surface area contributed by atoms with Crippen LogP contribution in [0.5, 0.6) is 0 Å². The number of carbonyl (C=O) groups is 1. The van der Waals surface area contributed by atoms with Crippen LogP contribution in [0.3, 0.4) is 0 Å². The third-order valence-corrected chi connectivity index (χ3v) is 5.91. The molecule has 1 aliphatic rings. The summed E-state index contributed by atoms with van der Waals surface area (Å²) in [5, 5.41) is 13.2. The zero-order valence-corrected chi connectivity index (χ0v) is 17.1. The Kier molecular flexibility index (Phi) is 5.83. The molecule has 30 heavy (non-hydrogen) atoms. The van der Waals surface area contributed by atoms with E-state index in [4.69, 9.17) is 4.42 Å². The fourth-order valence-corrected chi connectivity index (χ4v) is 4.18. The Hall–Kier alpha value is -2.77. The molecule has 3 aromatic rings. The van der Waals surface area contributed by atoms with Crippen LogP contribution in [-0.2, 0) is 0 Å². The van der Waals surface area contributed by atoms with Crippen LogP contribution >= 0.6 is 0 Å². The van der Waals surface area contributed by atoms with Gasteiger partial charge in [-0.1, -0.05) is 19.1 Å². The number of aliphatic hydroxyl groups is 1. The molecular weight excluding hydrogens is 385 g/mol. The van der Waals surface area contributed by atoms with E-state index in [1.54, 1.807) is 24.1 Å². The van der Waals surface area contributed by atoms with Crippen LogP contribution < -0.4 is 5.32 Å². The average molecular weight is 411 g/mol. The highest BCUT2D eigenvalue weighted by molar-refractivity contribution is 5.95. The van der Waals surface area contributed by atoms with Gasteiger partial charge in [-0.25, -0.2) is 9.37 Å². The minimum atomic E-state index is -0.603. The molecule has 1 heterocycles. The van der Waals surface area contributed by atoms with Crippen molar-refractivity contribution in [3.8, 4) is 11.5 Å². The number of nitrogens with one attached hydrogen (secondary N) is 1. The van der Waals surface area contributed by atoms with Crippen LogP contribution in [0.1, 0.15) is 36.5 Å². The van der Waals surface area contributed by atoms with Crippen molar-refractivity contribution in [2.24, 2.45) is 5.92 Å². The van der Waals surface area contributed by atoms with E-state index in [-0.39, 0.29) is 23.4 Å². The fourth-order valence-electron chi connectivity index (χ4n) is 4.18. The third kappa shape index (κ3) is 3.95. The number of para-hydroxylation sites is 2. The molecule has 4 rings (SSSR count). The number of fused-ring (bicyclic) bond motifs is 1. The van der Waals surface area contributed by atoms with E-state index in [1.807, 2.05) is 25.1 Å². The lowest BCUT2D eigenvalue weighted by Gasteiger charge is -2.26. The maximum atomic E-state index is 14.8. The quantitative estimate of drug-likeness (QED) is 0.603. The van der Waals surface area contributed by atoms with E-state index < -0.39 is 12.0 Å². The molecule has 3 atom stereocenters. The molecule has 1 fully saturated rings. The molecule has 158 valence electrons. The van der Waals surface area contributed by atoms with Crippen LogP contribution in [0.2, 0.25) is 0 Å². The number of carbonyl (C=O) groups excluding carboxylic acids is 1. The Bertz CT molecular complexity index is 1020. The topological polar surface area (TPSA) is 78.6 Å². The van der Waals surface area contributed by atoms with Gasteiger partial charge < -0.3 is 14.4 Å². The van der Waals surface area contributed by atoms with Gasteiger partial charge in [0.2, 0.25) is 5.89 Å². The highest BCUT2D eigenvalue weighted by Crippen LogP contribution is 2.32. The van der Waals surface area contributed by atoms with Gasteiger partial charge in [0.15, 0.2) is 5.58 Å². The van der Waals surface area contributed by atoms with Gasteiger partial charge in [-0.3, -0.25) is 10.1 Å². The number of aromatic nitrogens is 1. The number of hydrogen-bond acceptors (Lipinski definition) is 5. The summed E-state index contributed by atoms with van der Waals surface area (Å²) in [7, 11) is 1.70. The van der Waals surface area contributed by atoms with E-state index in [2.05, 4.69) is 10.3 Å². The number of rotatable bonds is 6. The van der Waals surface area contributed by atoms with Crippen LogP contribution in [0.25, 0.3) is 22.6 Å². The predicted molar refractivity (Wildman–Crippen MR) is 112 cm³/mol. The molecule has 0 saturated heterocycles. The molecular formula is C23H26FN3O3. The number of aliphatic hydroxyl groups excluding tert-OH is 1. The number of nitrogens with zero attached hydrogens (tertiary/aromatic N) is 2. The summed E-state index contributed by atoms with van der Waals surface area (Å²) in [6, 6.07) is 11.7. The Morgan fingerprint density at radius 1 is 1.33 bits per heavy atom. The monoisotopic (exact) mass is 411 g/mol. The summed E-state index contributed by atoms with van der Waals surface area (Å²) >= 11 is 0. The van der Waals surface area contributed by atoms with Crippen LogP contribution in [0.15, 0.2) is 46.9 Å². The first-order valence-electron chi connectivity index (χ1n) is 10.3. The molecule has 0 bridgehead atoms. The van der Waals surface area contributed by atoms with Gasteiger partial charge in [-0.15, -0.1) is 0 Å². The first-order valence-corrected chi connectivity index (χ1v) is 10.3. The van der Waals surface area contributed by atoms with E-state index in [0.717, 1.165) is 12.8 Å². The Morgan fingerprint density at radius 3 is 2.87 bits per heavy atom. The second kappa shape index (κ2) is 8.53. The summed E-state index contributed by atoms with van der Waals surface area (Å²) in [6.45, 7) is 2.63. The molecule has 0 spiro atoms. The fraction of sp³-hybridized carbons (Fsp3) is 0.391. The third-order valence-electron chi connectivity index (χ3n) is 5.91. The van der Waals surface area contributed by atoms with Crippen molar-refractivity contribution in [1.29, 1.82) is 0 Å². The highest BCUT2D eigenvalue weighted by atomic mass is 19.1. The van der Waals surface area contributed by atoms with E-state index in [1.165, 1.54) is 12.1 Å². The summed E-state index contributed by atoms with van der Waals surface area (Å²) in [5.41, 5.74) is 1.83. The Morgan fingerprint density at radius 2 is 2.13 bits per heavy atom. The second-order valence-electron chi connectivity index (χ2n) is 7.83. The maximum Gasteiger partial charge on any atom is 0.256 e. The molecule has 0 aliphatic heterocycles. The van der Waals surface area contributed by atoms with Gasteiger partial charge in [0, 0.05) is 24.6 Å². The van der Waals surface area contributed by atoms with Crippen molar-refractivity contribution in [3.05, 3.63) is 53.8 Å². The van der Waals surface area contributed by atoms with Gasteiger partial charge in [-0.05, 0) is 56.1 Å². The van der Waals surface area contributed by atoms with Gasteiger partial charge >= 0.3 is 0 Å². The van der Waals surface area contributed by atoms with E-state index in [0.29, 0.717) is 35.5 Å². The van der Waals surface area contributed by atoms with Crippen molar-refractivity contribution < 1.29 is 18.7 Å². The van der Waals surface area contributed by atoms with Crippen LogP contribution in [-0.4, -0.2) is 46.8 Å². The molecule has 6 nitrogen and oxygen atoms in total. The van der Waals surface area contributed by atoms with Crippen molar-refractivity contribution in [2.45, 2.75) is 38.5 Å². The Labute approximate surface area is 174 Å². The molecule has 1 aliphatic carbocycles. The number of halogens is 1. The van der Waals surface area contributed by atoms with Gasteiger partial charge in [-0.2, -0.15) is 0 Å². The molecule has 2 N–H and O–H groups in total. The smallest absolute Gasteiger partial charge is 0.256 e. The zero-order valence-electron chi connectivity index (χ0n) is 17.1. The SMILES string of the molecule is CCNC(O)C1CCC(N(C)C(=O)c2ccc(-c3nc4ccccc4o3)cc2F)C1. The lowest BCUT2D eigenvalue weighted by Crippen LogP contribution is -2.38. The molecule has 0 radical (unpaired) electrons. The van der Waals surface area contributed by atoms with Crippen LogP contribution in [0, 0.1) is 11.7 Å². The van der Waals surface area contributed by atoms with Crippen molar-refractivity contribution in [2.75, 3.05) is 13.6 Å². The molecule has 1 aromatic heterocycles. The van der Waals surface area contributed by atoms with E-state index in [9.17, 15) is 14.3 Å². The van der Waals surface area contributed by atoms with Gasteiger partial charge in [0.1, 0.15) is 17.6 Å². The van der Waals surface area contributed by atoms with Gasteiger partial charge in [0.25, 0.3) is 5.91 Å². The first kappa shape index (κ1) is 20.5. The summed E-state index contributed by atoms with van der Waals surface area (Å²) in [5.74, 6) is -0.552. The largest absolute Gasteiger partial charge is 0.436 e. The van der Waals surface area contributed by atoms with Gasteiger partial charge in [0.05, 0.1) is 5.56 Å². The Balaban J connectivity index is 1.49. The zero-order chi connectivity index (χ0) is 21.3. The van der Waals surface area contributed by atoms with Crippen molar-refractivity contribution in [1.82, 2.24) is 15.2 Å². The highest BCUT2D eigenvalue weighted by Gasteiger charge is 2.34. The molecule has 7 heteroatoms. The summed E-state index contributed by atoms with van der Waals surface area (Å²) < 4.78 is 20.5.